The molecule has 144 valence electrons. The summed E-state index contributed by atoms with van der Waals surface area (Å²) < 4.78 is 25.5. The number of carbonyl (C=O) groups is 1. The lowest BCUT2D eigenvalue weighted by atomic mass is 10.1. The Balaban J connectivity index is 2.47. The van der Waals surface area contributed by atoms with Crippen LogP contribution in [0.15, 0.2) is 57.7 Å². The first-order chi connectivity index (χ1) is 12.7. The predicted molar refractivity (Wildman–Crippen MR) is 103 cm³/mol. The van der Waals surface area contributed by atoms with Crippen molar-refractivity contribution in [1.29, 1.82) is 0 Å². The molecule has 0 aliphatic carbocycles. The van der Waals surface area contributed by atoms with E-state index in [1.807, 2.05) is 0 Å². The minimum atomic E-state index is -3.76. The quantitative estimate of drug-likeness (QED) is 0.552. The molecule has 0 fully saturated rings. The number of anilines is 1. The van der Waals surface area contributed by atoms with Gasteiger partial charge in [0.15, 0.2) is 0 Å². The maximum absolute atomic E-state index is 12.3. The second-order valence-electron chi connectivity index (χ2n) is 5.66. The number of benzene rings is 2. The van der Waals surface area contributed by atoms with Crippen LogP contribution in [0.3, 0.4) is 0 Å². The smallest absolute Gasteiger partial charge is 0.337 e. The van der Waals surface area contributed by atoms with Crippen LogP contribution in [0.5, 0.6) is 0 Å². The van der Waals surface area contributed by atoms with Gasteiger partial charge in [-0.1, -0.05) is 22.9 Å². The molecule has 8 nitrogen and oxygen atoms in total. The van der Waals surface area contributed by atoms with E-state index in [2.05, 4.69) is 10.3 Å². The zero-order valence-electron chi connectivity index (χ0n) is 15.0. The van der Waals surface area contributed by atoms with Crippen molar-refractivity contribution in [2.75, 3.05) is 25.6 Å². The van der Waals surface area contributed by atoms with Crippen molar-refractivity contribution >= 4 is 39.0 Å². The van der Waals surface area contributed by atoms with E-state index in [1.54, 1.807) is 31.2 Å². The molecule has 0 heterocycles. The average molecular weight is 411 g/mol. The first-order valence-corrected chi connectivity index (χ1v) is 9.73. The Hall–Kier alpha value is -2.49. The number of hydrogen-bond donors (Lipinski definition) is 1. The van der Waals surface area contributed by atoms with Crippen LogP contribution in [0.25, 0.3) is 0 Å². The maximum atomic E-state index is 12.3. The van der Waals surface area contributed by atoms with Crippen LogP contribution in [0, 0.1) is 0 Å². The Kier molecular flexibility index (Phi) is 6.53. The van der Waals surface area contributed by atoms with Crippen LogP contribution in [0.1, 0.15) is 17.3 Å². The molecule has 0 aliphatic heterocycles. The zero-order valence-corrected chi connectivity index (χ0v) is 16.6. The van der Waals surface area contributed by atoms with E-state index >= 15 is 0 Å². The Bertz CT molecular complexity index is 977. The second kappa shape index (κ2) is 8.47. The number of nitrogens with zero attached hydrogens (tertiary/aromatic N) is 4. The van der Waals surface area contributed by atoms with Gasteiger partial charge in [0, 0.05) is 25.7 Å². The van der Waals surface area contributed by atoms with Crippen LogP contribution in [-0.4, -0.2) is 44.4 Å². The lowest BCUT2D eigenvalue weighted by Gasteiger charge is -2.19. The summed E-state index contributed by atoms with van der Waals surface area (Å²) in [7, 11) is -1.01. The van der Waals surface area contributed by atoms with Gasteiger partial charge in [0.2, 0.25) is 10.0 Å². The third kappa shape index (κ3) is 4.82. The number of hydrogen-bond acceptors (Lipinski definition) is 5. The molecule has 27 heavy (non-hydrogen) atoms. The number of halogens is 1. The highest BCUT2D eigenvalue weighted by molar-refractivity contribution is 7.89. The minimum absolute atomic E-state index is 0.114. The molecular weight excluding hydrogens is 392 g/mol. The van der Waals surface area contributed by atoms with Crippen LogP contribution in [0.4, 0.5) is 11.4 Å². The molecule has 0 amide bonds. The minimum Gasteiger partial charge on any atom is -0.478 e. The van der Waals surface area contributed by atoms with Gasteiger partial charge in [-0.2, -0.15) is 0 Å². The zero-order chi connectivity index (χ0) is 20.2. The Morgan fingerprint density at radius 1 is 1.19 bits per heavy atom. The highest BCUT2D eigenvalue weighted by Crippen LogP contribution is 2.27. The number of aromatic carboxylic acids is 1. The van der Waals surface area contributed by atoms with Gasteiger partial charge in [-0.05, 0) is 43.3 Å². The first kappa shape index (κ1) is 20.8. The molecule has 0 spiro atoms. The van der Waals surface area contributed by atoms with Crippen LogP contribution < -0.4 is 5.01 Å². The Morgan fingerprint density at radius 2 is 1.89 bits per heavy atom. The molecule has 2 aromatic carbocycles. The van der Waals surface area contributed by atoms with Crippen molar-refractivity contribution in [2.24, 2.45) is 10.3 Å². The normalized spacial score (nSPS) is 11.9. The standard InChI is InChI=1S/C17H19ClN4O4S/c1-4-22(20-19-13-7-5-6-12(18)10-13)16-9-8-14(11-15(16)17(23)24)27(25,26)21(2)3/h5-11H,4H2,1-3H3,(H,23,24). The van der Waals surface area contributed by atoms with Gasteiger partial charge in [0.25, 0.3) is 0 Å². The fraction of sp³-hybridized carbons (Fsp3) is 0.235. The summed E-state index contributed by atoms with van der Waals surface area (Å²) in [5.41, 5.74) is 0.544. The third-order valence-corrected chi connectivity index (χ3v) is 5.68. The molecule has 0 saturated heterocycles. The topological polar surface area (TPSA) is 103 Å². The largest absolute Gasteiger partial charge is 0.478 e. The van der Waals surface area contributed by atoms with Gasteiger partial charge in [-0.3, -0.25) is 0 Å². The molecular formula is C17H19ClN4O4S. The number of sulfonamides is 1. The molecule has 10 heteroatoms. The first-order valence-electron chi connectivity index (χ1n) is 7.91. The Morgan fingerprint density at radius 3 is 2.44 bits per heavy atom. The predicted octanol–water partition coefficient (Wildman–Crippen LogP) is 3.81. The molecule has 0 atom stereocenters. The highest BCUT2D eigenvalue weighted by atomic mass is 35.5. The summed E-state index contributed by atoms with van der Waals surface area (Å²) in [6, 6.07) is 10.6. The van der Waals surface area contributed by atoms with E-state index in [-0.39, 0.29) is 16.1 Å². The van der Waals surface area contributed by atoms with E-state index in [1.165, 1.54) is 31.2 Å². The second-order valence-corrected chi connectivity index (χ2v) is 8.24. The number of carboxylic acids is 1. The van der Waals surface area contributed by atoms with Gasteiger partial charge >= 0.3 is 5.97 Å². The van der Waals surface area contributed by atoms with Gasteiger partial charge in [0.1, 0.15) is 0 Å². The SMILES string of the molecule is CCN(N=Nc1cccc(Cl)c1)c1ccc(S(=O)(=O)N(C)C)cc1C(=O)O. The lowest BCUT2D eigenvalue weighted by molar-refractivity contribution is 0.0697. The van der Waals surface area contributed by atoms with Crippen LogP contribution in [-0.2, 0) is 10.0 Å². The van der Waals surface area contributed by atoms with E-state index in [4.69, 9.17) is 11.6 Å². The van der Waals surface area contributed by atoms with Crippen molar-refractivity contribution in [1.82, 2.24) is 4.31 Å². The molecule has 0 unspecified atom stereocenters. The van der Waals surface area contributed by atoms with Crippen molar-refractivity contribution < 1.29 is 18.3 Å². The van der Waals surface area contributed by atoms with E-state index < -0.39 is 16.0 Å². The van der Waals surface area contributed by atoms with E-state index in [0.29, 0.717) is 17.3 Å². The molecule has 0 bridgehead atoms. The van der Waals surface area contributed by atoms with Crippen molar-refractivity contribution in [3.05, 3.63) is 53.1 Å². The third-order valence-electron chi connectivity index (χ3n) is 3.63. The molecule has 0 aromatic heterocycles. The number of rotatable bonds is 7. The fourth-order valence-electron chi connectivity index (χ4n) is 2.21. The summed E-state index contributed by atoms with van der Waals surface area (Å²) in [5, 5.41) is 19.5. The average Bonchev–Trinajstić information content (AvgIpc) is 2.62. The monoisotopic (exact) mass is 410 g/mol. The molecule has 0 saturated carbocycles. The van der Waals surface area contributed by atoms with Crippen LogP contribution >= 0.6 is 11.6 Å². The molecule has 0 aliphatic rings. The summed E-state index contributed by atoms with van der Waals surface area (Å²) in [5.74, 6) is -1.27. The summed E-state index contributed by atoms with van der Waals surface area (Å²) in [6.07, 6.45) is 0. The van der Waals surface area contributed by atoms with Gasteiger partial charge in [-0.25, -0.2) is 22.5 Å². The van der Waals surface area contributed by atoms with Gasteiger partial charge < -0.3 is 5.11 Å². The lowest BCUT2D eigenvalue weighted by Crippen LogP contribution is -2.23. The van der Waals surface area contributed by atoms with Crippen molar-refractivity contribution in [3.63, 3.8) is 0 Å². The molecule has 2 aromatic rings. The van der Waals surface area contributed by atoms with Crippen LogP contribution in [0.2, 0.25) is 5.02 Å². The number of carboxylic acid groups (broad SMARTS) is 1. The van der Waals surface area contributed by atoms with Gasteiger partial charge in [0.05, 0.1) is 21.8 Å². The molecule has 2 rings (SSSR count). The summed E-state index contributed by atoms with van der Waals surface area (Å²) in [4.78, 5) is 11.6. The highest BCUT2D eigenvalue weighted by Gasteiger charge is 2.22. The summed E-state index contributed by atoms with van der Waals surface area (Å²) in [6.45, 7) is 2.09. The van der Waals surface area contributed by atoms with Gasteiger partial charge in [-0.15, -0.1) is 5.11 Å². The Labute approximate surface area is 162 Å². The molecule has 1 N–H and O–H groups in total. The van der Waals surface area contributed by atoms with E-state index in [0.717, 1.165) is 10.4 Å². The van der Waals surface area contributed by atoms with Crippen molar-refractivity contribution in [2.45, 2.75) is 11.8 Å². The molecule has 0 radical (unpaired) electrons. The summed E-state index contributed by atoms with van der Waals surface area (Å²) >= 11 is 5.91. The maximum Gasteiger partial charge on any atom is 0.337 e. The van der Waals surface area contributed by atoms with E-state index in [9.17, 15) is 18.3 Å². The fourth-order valence-corrected chi connectivity index (χ4v) is 3.32. The van der Waals surface area contributed by atoms with Crippen molar-refractivity contribution in [3.8, 4) is 0 Å².